The molecule has 0 unspecified atom stereocenters. The number of rotatable bonds is 5. The number of aromatic amines is 1. The molecule has 1 aromatic heterocycles. The molecule has 1 amide bonds. The van der Waals surface area contributed by atoms with Crippen LogP contribution in [0.2, 0.25) is 0 Å². The topological polar surface area (TPSA) is 62.0 Å². The van der Waals surface area contributed by atoms with Gasteiger partial charge in [-0.25, -0.2) is 0 Å². The van der Waals surface area contributed by atoms with Gasteiger partial charge in [0.15, 0.2) is 0 Å². The summed E-state index contributed by atoms with van der Waals surface area (Å²) in [4.78, 5) is 26.5. The SMILES string of the molecule is CC(C)CCCNC(=O)c1cc2ccccc2c(=O)[nH]1. The van der Waals surface area contributed by atoms with Crippen molar-refractivity contribution in [3.8, 4) is 0 Å². The summed E-state index contributed by atoms with van der Waals surface area (Å²) in [6.07, 6.45) is 2.02. The van der Waals surface area contributed by atoms with Crippen LogP contribution >= 0.6 is 0 Å². The Bertz CT molecular complexity index is 659. The van der Waals surface area contributed by atoms with Crippen LogP contribution in [-0.2, 0) is 0 Å². The van der Waals surface area contributed by atoms with E-state index in [2.05, 4.69) is 24.1 Å². The van der Waals surface area contributed by atoms with Gasteiger partial charge in [0, 0.05) is 11.9 Å². The average Bonchev–Trinajstić information content (AvgIpc) is 2.43. The molecule has 1 aromatic carbocycles. The Balaban J connectivity index is 2.09. The van der Waals surface area contributed by atoms with Crippen LogP contribution in [0.1, 0.15) is 37.2 Å². The molecule has 2 aromatic rings. The predicted octanol–water partition coefficient (Wildman–Crippen LogP) is 2.69. The maximum absolute atomic E-state index is 12.0. The second-order valence-electron chi connectivity index (χ2n) is 5.39. The Morgan fingerprint density at radius 2 is 2.05 bits per heavy atom. The Kier molecular flexibility index (Phi) is 4.56. The van der Waals surface area contributed by atoms with E-state index in [1.165, 1.54) is 0 Å². The predicted molar refractivity (Wildman–Crippen MR) is 81.0 cm³/mol. The minimum absolute atomic E-state index is 0.225. The molecule has 0 radical (unpaired) electrons. The van der Waals surface area contributed by atoms with E-state index in [-0.39, 0.29) is 11.5 Å². The normalized spacial score (nSPS) is 10.9. The van der Waals surface area contributed by atoms with Gasteiger partial charge in [0.1, 0.15) is 5.69 Å². The smallest absolute Gasteiger partial charge is 0.267 e. The quantitative estimate of drug-likeness (QED) is 0.822. The molecule has 4 heteroatoms. The first-order chi connectivity index (χ1) is 9.58. The third kappa shape index (κ3) is 3.47. The third-order valence-corrected chi connectivity index (χ3v) is 3.24. The molecular formula is C16H20N2O2. The first kappa shape index (κ1) is 14.3. The van der Waals surface area contributed by atoms with Crippen molar-refractivity contribution in [2.75, 3.05) is 6.54 Å². The highest BCUT2D eigenvalue weighted by Crippen LogP contribution is 2.09. The molecule has 0 saturated heterocycles. The molecule has 0 aliphatic heterocycles. The van der Waals surface area contributed by atoms with E-state index in [9.17, 15) is 9.59 Å². The highest BCUT2D eigenvalue weighted by atomic mass is 16.2. The van der Waals surface area contributed by atoms with E-state index < -0.39 is 0 Å². The molecule has 0 fully saturated rings. The molecule has 20 heavy (non-hydrogen) atoms. The Hall–Kier alpha value is -2.10. The summed E-state index contributed by atoms with van der Waals surface area (Å²) in [7, 11) is 0. The van der Waals surface area contributed by atoms with Crippen molar-refractivity contribution in [1.29, 1.82) is 0 Å². The molecule has 0 bridgehead atoms. The van der Waals surface area contributed by atoms with E-state index in [4.69, 9.17) is 0 Å². The van der Waals surface area contributed by atoms with Crippen LogP contribution in [0.3, 0.4) is 0 Å². The highest BCUT2D eigenvalue weighted by Gasteiger charge is 2.08. The van der Waals surface area contributed by atoms with Gasteiger partial charge in [-0.3, -0.25) is 9.59 Å². The molecule has 0 aliphatic rings. The molecular weight excluding hydrogens is 252 g/mol. The lowest BCUT2D eigenvalue weighted by molar-refractivity contribution is 0.0947. The first-order valence-electron chi connectivity index (χ1n) is 6.98. The Morgan fingerprint density at radius 3 is 2.80 bits per heavy atom. The van der Waals surface area contributed by atoms with Gasteiger partial charge in [-0.15, -0.1) is 0 Å². The molecule has 0 atom stereocenters. The third-order valence-electron chi connectivity index (χ3n) is 3.24. The number of pyridine rings is 1. The summed E-state index contributed by atoms with van der Waals surface area (Å²) in [5.74, 6) is 0.406. The fourth-order valence-electron chi connectivity index (χ4n) is 2.14. The van der Waals surface area contributed by atoms with Crippen molar-refractivity contribution in [2.24, 2.45) is 5.92 Å². The van der Waals surface area contributed by atoms with Crippen LogP contribution in [0.5, 0.6) is 0 Å². The Labute approximate surface area is 118 Å². The Morgan fingerprint density at radius 1 is 1.30 bits per heavy atom. The lowest BCUT2D eigenvalue weighted by Crippen LogP contribution is -2.27. The summed E-state index contributed by atoms with van der Waals surface area (Å²) in [5.41, 5.74) is 0.0914. The summed E-state index contributed by atoms with van der Waals surface area (Å²) in [6.45, 7) is 4.94. The zero-order chi connectivity index (χ0) is 14.5. The van der Waals surface area contributed by atoms with Gasteiger partial charge >= 0.3 is 0 Å². The molecule has 2 rings (SSSR count). The van der Waals surface area contributed by atoms with Crippen molar-refractivity contribution >= 4 is 16.7 Å². The van der Waals surface area contributed by atoms with Crippen LogP contribution in [-0.4, -0.2) is 17.4 Å². The van der Waals surface area contributed by atoms with Crippen LogP contribution in [0.4, 0.5) is 0 Å². The van der Waals surface area contributed by atoms with Gasteiger partial charge in [0.05, 0.1) is 0 Å². The molecule has 4 nitrogen and oxygen atoms in total. The molecule has 2 N–H and O–H groups in total. The fraction of sp³-hybridized carbons (Fsp3) is 0.375. The van der Waals surface area contributed by atoms with E-state index in [0.29, 0.717) is 23.5 Å². The van der Waals surface area contributed by atoms with Crippen LogP contribution < -0.4 is 10.9 Å². The second kappa shape index (κ2) is 6.37. The van der Waals surface area contributed by atoms with Gasteiger partial charge in [-0.05, 0) is 36.3 Å². The number of fused-ring (bicyclic) bond motifs is 1. The highest BCUT2D eigenvalue weighted by molar-refractivity contribution is 5.96. The number of hydrogen-bond donors (Lipinski definition) is 2. The van der Waals surface area contributed by atoms with Crippen LogP contribution in [0, 0.1) is 5.92 Å². The summed E-state index contributed by atoms with van der Waals surface area (Å²) >= 11 is 0. The lowest BCUT2D eigenvalue weighted by Gasteiger charge is -2.07. The standard InChI is InChI=1S/C16H20N2O2/c1-11(2)6-5-9-17-16(20)14-10-12-7-3-4-8-13(12)15(19)18-14/h3-4,7-8,10-11H,5-6,9H2,1-2H3,(H,17,20)(H,18,19). The molecule has 0 saturated carbocycles. The van der Waals surface area contributed by atoms with Gasteiger partial charge < -0.3 is 10.3 Å². The minimum Gasteiger partial charge on any atom is -0.351 e. The van der Waals surface area contributed by atoms with Crippen LogP contribution in [0.25, 0.3) is 10.8 Å². The maximum atomic E-state index is 12.0. The molecule has 0 spiro atoms. The number of amides is 1. The monoisotopic (exact) mass is 272 g/mol. The summed E-state index contributed by atoms with van der Waals surface area (Å²) < 4.78 is 0. The number of carbonyl (C=O) groups is 1. The molecule has 1 heterocycles. The number of carbonyl (C=O) groups excluding carboxylic acids is 1. The van der Waals surface area contributed by atoms with E-state index in [1.54, 1.807) is 12.1 Å². The second-order valence-corrected chi connectivity index (χ2v) is 5.39. The van der Waals surface area contributed by atoms with E-state index >= 15 is 0 Å². The number of aromatic nitrogens is 1. The number of benzene rings is 1. The van der Waals surface area contributed by atoms with Gasteiger partial charge in [-0.1, -0.05) is 32.0 Å². The largest absolute Gasteiger partial charge is 0.351 e. The first-order valence-corrected chi connectivity index (χ1v) is 6.98. The van der Waals surface area contributed by atoms with E-state index in [0.717, 1.165) is 18.2 Å². The molecule has 0 aliphatic carbocycles. The fourth-order valence-corrected chi connectivity index (χ4v) is 2.14. The number of hydrogen-bond acceptors (Lipinski definition) is 2. The van der Waals surface area contributed by atoms with Crippen molar-refractivity contribution in [2.45, 2.75) is 26.7 Å². The number of nitrogens with one attached hydrogen (secondary N) is 2. The molecule has 106 valence electrons. The van der Waals surface area contributed by atoms with Crippen molar-refractivity contribution in [3.05, 3.63) is 46.4 Å². The minimum atomic E-state index is -0.226. The van der Waals surface area contributed by atoms with Gasteiger partial charge in [0.2, 0.25) is 0 Å². The zero-order valence-electron chi connectivity index (χ0n) is 11.9. The van der Waals surface area contributed by atoms with Crippen LogP contribution in [0.15, 0.2) is 35.1 Å². The van der Waals surface area contributed by atoms with E-state index in [1.807, 2.05) is 18.2 Å². The van der Waals surface area contributed by atoms with Crippen molar-refractivity contribution in [1.82, 2.24) is 10.3 Å². The van der Waals surface area contributed by atoms with Crippen molar-refractivity contribution in [3.63, 3.8) is 0 Å². The lowest BCUT2D eigenvalue weighted by atomic mass is 10.1. The zero-order valence-corrected chi connectivity index (χ0v) is 11.9. The van der Waals surface area contributed by atoms with Crippen molar-refractivity contribution < 1.29 is 4.79 Å². The maximum Gasteiger partial charge on any atom is 0.267 e. The summed E-state index contributed by atoms with van der Waals surface area (Å²) in [5, 5.41) is 4.22. The van der Waals surface area contributed by atoms with Gasteiger partial charge in [0.25, 0.3) is 11.5 Å². The number of H-pyrrole nitrogens is 1. The van der Waals surface area contributed by atoms with Gasteiger partial charge in [-0.2, -0.15) is 0 Å². The summed E-state index contributed by atoms with van der Waals surface area (Å²) in [6, 6.07) is 8.96. The average molecular weight is 272 g/mol.